The van der Waals surface area contributed by atoms with Gasteiger partial charge >= 0.3 is 0 Å². The zero-order valence-electron chi connectivity index (χ0n) is 10.8. The van der Waals surface area contributed by atoms with Gasteiger partial charge in [0.25, 0.3) is 0 Å². The monoisotopic (exact) mass is 279 g/mol. The Morgan fingerprint density at radius 1 is 1.22 bits per heavy atom. The second-order valence-electron chi connectivity index (χ2n) is 5.22. The first-order chi connectivity index (χ1) is 8.90. The molecule has 1 aliphatic carbocycles. The summed E-state index contributed by atoms with van der Waals surface area (Å²) >= 11 is 4.31. The summed E-state index contributed by atoms with van der Waals surface area (Å²) in [6.45, 7) is 0. The largest absolute Gasteiger partial charge is 0.316 e. The van der Waals surface area contributed by atoms with E-state index in [4.69, 9.17) is 0 Å². The van der Waals surface area contributed by atoms with Crippen LogP contribution < -0.4 is 5.32 Å². The van der Waals surface area contributed by atoms with E-state index in [9.17, 15) is 0 Å². The summed E-state index contributed by atoms with van der Waals surface area (Å²) in [6, 6.07) is 11.7. The van der Waals surface area contributed by atoms with E-state index in [-0.39, 0.29) is 0 Å². The van der Waals surface area contributed by atoms with Gasteiger partial charge < -0.3 is 5.32 Å². The normalized spacial score (nSPS) is 33.1. The van der Waals surface area contributed by atoms with Crippen LogP contribution in [-0.4, -0.2) is 35.6 Å². The smallest absolute Gasteiger partial charge is 0.0294 e. The van der Waals surface area contributed by atoms with E-state index in [0.29, 0.717) is 6.04 Å². The first-order valence-electron chi connectivity index (χ1n) is 6.81. The summed E-state index contributed by atoms with van der Waals surface area (Å²) in [5, 5.41) is 4.41. The number of hydrogen-bond acceptors (Lipinski definition) is 3. The lowest BCUT2D eigenvalue weighted by molar-refractivity contribution is 0.492. The molecule has 1 N–H and O–H groups in total. The average molecular weight is 279 g/mol. The van der Waals surface area contributed by atoms with Gasteiger partial charge in [-0.05, 0) is 30.9 Å². The van der Waals surface area contributed by atoms with Crippen LogP contribution in [0.15, 0.2) is 30.3 Å². The maximum atomic E-state index is 3.60. The highest BCUT2D eigenvalue weighted by molar-refractivity contribution is 8.06. The van der Waals surface area contributed by atoms with Crippen LogP contribution in [0.5, 0.6) is 0 Å². The van der Waals surface area contributed by atoms with Crippen LogP contribution in [0.3, 0.4) is 0 Å². The van der Waals surface area contributed by atoms with Gasteiger partial charge in [-0.2, -0.15) is 23.5 Å². The Hall–Kier alpha value is -0.120. The average Bonchev–Trinajstić information content (AvgIpc) is 3.22. The standard InChI is InChI=1S/C15H21NS2/c1-16-15(14-10-17-7-8-18-14)13-9-12(13)11-5-3-2-4-6-11/h2-6,12-16H,7-10H2,1H3. The fraction of sp³-hybridized carbons (Fsp3) is 0.600. The Bertz CT molecular complexity index is 375. The van der Waals surface area contributed by atoms with Crippen molar-refractivity contribution in [1.82, 2.24) is 5.32 Å². The van der Waals surface area contributed by atoms with Gasteiger partial charge in [0.2, 0.25) is 0 Å². The van der Waals surface area contributed by atoms with Gasteiger partial charge in [0.05, 0.1) is 0 Å². The SMILES string of the molecule is CNC(C1CSCCS1)C1CC1c1ccccc1. The molecule has 1 nitrogen and oxygen atoms in total. The van der Waals surface area contributed by atoms with Gasteiger partial charge in [0.1, 0.15) is 0 Å². The minimum absolute atomic E-state index is 0.702. The lowest BCUT2D eigenvalue weighted by Crippen LogP contribution is -2.41. The summed E-state index contributed by atoms with van der Waals surface area (Å²) in [7, 11) is 2.14. The highest BCUT2D eigenvalue weighted by Gasteiger charge is 2.46. The Balaban J connectivity index is 1.64. The van der Waals surface area contributed by atoms with Crippen LogP contribution in [0, 0.1) is 5.92 Å². The maximum Gasteiger partial charge on any atom is 0.0294 e. The van der Waals surface area contributed by atoms with Gasteiger partial charge in [-0.1, -0.05) is 30.3 Å². The molecule has 0 spiro atoms. The Morgan fingerprint density at radius 3 is 2.72 bits per heavy atom. The van der Waals surface area contributed by atoms with Crippen LogP contribution in [-0.2, 0) is 0 Å². The summed E-state index contributed by atoms with van der Waals surface area (Å²) in [6.07, 6.45) is 1.37. The van der Waals surface area contributed by atoms with Crippen molar-refractivity contribution in [1.29, 1.82) is 0 Å². The van der Waals surface area contributed by atoms with Gasteiger partial charge in [-0.15, -0.1) is 0 Å². The minimum Gasteiger partial charge on any atom is -0.316 e. The van der Waals surface area contributed by atoms with Gasteiger partial charge in [-0.25, -0.2) is 0 Å². The zero-order valence-corrected chi connectivity index (χ0v) is 12.5. The van der Waals surface area contributed by atoms with E-state index in [1.807, 2.05) is 0 Å². The molecule has 4 unspecified atom stereocenters. The Morgan fingerprint density at radius 2 is 2.06 bits per heavy atom. The van der Waals surface area contributed by atoms with Crippen molar-refractivity contribution >= 4 is 23.5 Å². The minimum atomic E-state index is 0.702. The molecule has 1 saturated heterocycles. The van der Waals surface area contributed by atoms with Crippen LogP contribution in [0.1, 0.15) is 17.9 Å². The van der Waals surface area contributed by atoms with Crippen molar-refractivity contribution in [2.45, 2.75) is 23.6 Å². The van der Waals surface area contributed by atoms with Crippen molar-refractivity contribution in [2.24, 2.45) is 5.92 Å². The van der Waals surface area contributed by atoms with E-state index < -0.39 is 0 Å². The predicted molar refractivity (Wildman–Crippen MR) is 83.7 cm³/mol. The Kier molecular flexibility index (Phi) is 4.22. The van der Waals surface area contributed by atoms with E-state index in [1.54, 1.807) is 0 Å². The molecular formula is C15H21NS2. The molecule has 1 aromatic carbocycles. The number of thioether (sulfide) groups is 2. The van der Waals surface area contributed by atoms with Gasteiger partial charge in [0, 0.05) is 28.6 Å². The maximum absolute atomic E-state index is 3.60. The number of benzene rings is 1. The van der Waals surface area contributed by atoms with Crippen LogP contribution in [0.4, 0.5) is 0 Å². The molecule has 0 aromatic heterocycles. The van der Waals surface area contributed by atoms with E-state index in [2.05, 4.69) is 66.2 Å². The number of rotatable bonds is 4. The molecule has 2 aliphatic rings. The van der Waals surface area contributed by atoms with Crippen LogP contribution >= 0.6 is 23.5 Å². The topological polar surface area (TPSA) is 12.0 Å². The summed E-state index contributed by atoms with van der Waals surface area (Å²) in [4.78, 5) is 0. The molecule has 0 radical (unpaired) electrons. The van der Waals surface area contributed by atoms with E-state index >= 15 is 0 Å². The molecular weight excluding hydrogens is 258 g/mol. The first-order valence-corrected chi connectivity index (χ1v) is 9.02. The molecule has 0 bridgehead atoms. The van der Waals surface area contributed by atoms with Crippen molar-refractivity contribution in [3.05, 3.63) is 35.9 Å². The molecule has 3 rings (SSSR count). The molecule has 1 heterocycles. The van der Waals surface area contributed by atoms with E-state index in [1.165, 1.54) is 29.2 Å². The van der Waals surface area contributed by atoms with E-state index in [0.717, 1.165) is 17.1 Å². The molecule has 98 valence electrons. The summed E-state index contributed by atoms with van der Waals surface area (Å²) in [5.74, 6) is 5.65. The molecule has 4 atom stereocenters. The molecule has 2 fully saturated rings. The molecule has 1 saturated carbocycles. The van der Waals surface area contributed by atoms with Gasteiger partial charge in [-0.3, -0.25) is 0 Å². The Labute approximate surface area is 119 Å². The third kappa shape index (κ3) is 2.73. The quantitative estimate of drug-likeness (QED) is 0.909. The molecule has 3 heteroatoms. The van der Waals surface area contributed by atoms with Crippen LogP contribution in [0.25, 0.3) is 0 Å². The second kappa shape index (κ2) is 5.89. The molecule has 1 aromatic rings. The molecule has 18 heavy (non-hydrogen) atoms. The highest BCUT2D eigenvalue weighted by Crippen LogP contribution is 2.51. The van der Waals surface area contributed by atoms with Crippen molar-refractivity contribution < 1.29 is 0 Å². The zero-order chi connectivity index (χ0) is 12.4. The number of nitrogens with one attached hydrogen (secondary N) is 1. The second-order valence-corrected chi connectivity index (χ2v) is 7.71. The van der Waals surface area contributed by atoms with Crippen molar-refractivity contribution in [3.63, 3.8) is 0 Å². The van der Waals surface area contributed by atoms with Crippen molar-refractivity contribution in [3.8, 4) is 0 Å². The molecule has 0 amide bonds. The van der Waals surface area contributed by atoms with Crippen molar-refractivity contribution in [2.75, 3.05) is 24.3 Å². The van der Waals surface area contributed by atoms with Gasteiger partial charge in [0.15, 0.2) is 0 Å². The number of hydrogen-bond donors (Lipinski definition) is 1. The lowest BCUT2D eigenvalue weighted by atomic mass is 10.0. The fourth-order valence-corrected chi connectivity index (χ4v) is 6.07. The van der Waals surface area contributed by atoms with Crippen LogP contribution in [0.2, 0.25) is 0 Å². The lowest BCUT2D eigenvalue weighted by Gasteiger charge is -2.29. The first kappa shape index (κ1) is 12.9. The molecule has 1 aliphatic heterocycles. The summed E-state index contributed by atoms with van der Waals surface area (Å²) in [5.41, 5.74) is 1.54. The third-order valence-electron chi connectivity index (χ3n) is 4.10. The fourth-order valence-electron chi connectivity index (χ4n) is 3.08. The third-order valence-corrected chi connectivity index (χ3v) is 6.99. The highest BCUT2D eigenvalue weighted by atomic mass is 32.2. The predicted octanol–water partition coefficient (Wildman–Crippen LogP) is 3.23. The summed E-state index contributed by atoms with van der Waals surface area (Å²) < 4.78 is 0.